The largest absolute Gasteiger partial charge is 1.00 e. The molecule has 6 N–H and O–H groups in total. The van der Waals surface area contributed by atoms with Gasteiger partial charge in [0, 0.05) is 51.7 Å². The Bertz CT molecular complexity index is 5530. The molecule has 12 aromatic rings. The van der Waals surface area contributed by atoms with Gasteiger partial charge in [0.2, 0.25) is 44.6 Å². The molecule has 0 saturated carbocycles. The molecule has 12 rings (SSSR count). The van der Waals surface area contributed by atoms with E-state index in [1.165, 1.54) is 84.9 Å². The number of nitrogens with zero attached hydrogens (tertiary/aromatic N) is 14. The maximum Gasteiger partial charge on any atom is 1.00 e. The Balaban J connectivity index is 0.00000258. The van der Waals surface area contributed by atoms with Crippen LogP contribution in [-0.2, 0) is 31.3 Å². The molecule has 0 aliphatic heterocycles. The number of fused-ring (bicyclic) bond motifs is 4. The number of nitrogens with one attached hydrogen (secondary N) is 4. The smallest absolute Gasteiger partial charge is 0.768 e. The third-order valence-corrected chi connectivity index (χ3v) is 17.3. The van der Waals surface area contributed by atoms with Gasteiger partial charge in [0.25, 0.3) is 11.4 Å². The Kier molecular flexibility index (Phi) is 29.4. The number of aromatic hydroxyl groups is 2. The van der Waals surface area contributed by atoms with E-state index in [0.717, 1.165) is 46.9 Å². The summed E-state index contributed by atoms with van der Waals surface area (Å²) in [5, 5.41) is 72.3. The van der Waals surface area contributed by atoms with Crippen LogP contribution in [-0.4, -0.2) is 94.6 Å². The summed E-state index contributed by atoms with van der Waals surface area (Å²) in [6.45, 7) is 0. The molecule has 4 heterocycles. The molecule has 0 radical (unpaired) electrons. The van der Waals surface area contributed by atoms with Crippen LogP contribution in [0.1, 0.15) is 11.1 Å². The molecular weight excluding hydrogens is 1490 g/mol. The summed E-state index contributed by atoms with van der Waals surface area (Å²) in [6, 6.07) is 32.4. The molecular formula is C54H26Cl2N18Na6O14S5. The van der Waals surface area contributed by atoms with E-state index in [2.05, 4.69) is 99.8 Å². The van der Waals surface area contributed by atoms with Crippen LogP contribution in [0.3, 0.4) is 0 Å². The van der Waals surface area contributed by atoms with Crippen LogP contribution in [0.25, 0.3) is 54.1 Å². The van der Waals surface area contributed by atoms with Gasteiger partial charge in [-0.2, -0.15) is 70.9 Å². The fourth-order valence-electron chi connectivity index (χ4n) is 8.83. The Morgan fingerprint density at radius 2 is 1.08 bits per heavy atom. The van der Waals surface area contributed by atoms with Crippen LogP contribution < -0.4 is 199 Å². The summed E-state index contributed by atoms with van der Waals surface area (Å²) in [4.78, 5) is 52.6. The summed E-state index contributed by atoms with van der Waals surface area (Å²) in [7, 11) is -10.6. The number of azo groups is 2. The van der Waals surface area contributed by atoms with Crippen LogP contribution in [0.4, 0.5) is 79.6 Å². The van der Waals surface area contributed by atoms with Gasteiger partial charge in [0.05, 0.1) is 45.8 Å². The van der Waals surface area contributed by atoms with Gasteiger partial charge in [0.15, 0.2) is 5.75 Å². The quantitative estimate of drug-likeness (QED) is 0.00643. The van der Waals surface area contributed by atoms with Crippen molar-refractivity contribution >= 4 is 211 Å². The molecule has 99 heavy (non-hydrogen) atoms. The molecule has 0 amide bonds. The molecule has 0 saturated heterocycles. The minimum Gasteiger partial charge on any atom is -0.768 e. The average molecular weight is 1520 g/mol. The molecule has 1 unspecified atom stereocenters. The van der Waals surface area contributed by atoms with Gasteiger partial charge >= 0.3 is 177 Å². The second-order valence-electron chi connectivity index (χ2n) is 18.8. The Labute approximate surface area is 709 Å². The zero-order valence-corrected chi connectivity index (χ0v) is 69.0. The first-order chi connectivity index (χ1) is 44.3. The van der Waals surface area contributed by atoms with E-state index >= 15 is 0 Å². The van der Waals surface area contributed by atoms with Gasteiger partial charge in [0.1, 0.15) is 25.9 Å². The topological polar surface area (TPSA) is 482 Å². The third kappa shape index (κ3) is 19.7. The van der Waals surface area contributed by atoms with Crippen LogP contribution in [0.15, 0.2) is 144 Å². The zero-order chi connectivity index (χ0) is 65.6. The number of non-ortho nitro benzene ring substituents is 2. The second kappa shape index (κ2) is 35.1. The van der Waals surface area contributed by atoms with Crippen molar-refractivity contribution in [3.8, 4) is 11.5 Å². The van der Waals surface area contributed by atoms with Crippen LogP contribution >= 0.6 is 45.9 Å². The first-order valence-electron chi connectivity index (χ1n) is 25.5. The minimum atomic E-state index is -5.45. The maximum absolute atomic E-state index is 12.7. The number of benzene rings is 8. The fourth-order valence-corrected chi connectivity index (χ4v) is 12.6. The number of hydrogen-bond donors (Lipinski definition) is 6. The molecule has 0 aliphatic rings. The van der Waals surface area contributed by atoms with Crippen molar-refractivity contribution < 1.29 is 232 Å². The summed E-state index contributed by atoms with van der Waals surface area (Å²) in [5.41, 5.74) is 0.0635. The number of hydrogen-bond acceptors (Lipinski definition) is 32. The van der Waals surface area contributed by atoms with E-state index in [1.807, 2.05) is 0 Å². The Hall–Kier alpha value is -4.87. The van der Waals surface area contributed by atoms with Crippen LogP contribution in [0.2, 0.25) is 10.6 Å². The Morgan fingerprint density at radius 3 is 1.63 bits per heavy atom. The van der Waals surface area contributed by atoms with Crippen LogP contribution in [0.5, 0.6) is 11.5 Å². The summed E-state index contributed by atoms with van der Waals surface area (Å²) >= 11 is 11.5. The molecule has 466 valence electrons. The molecule has 1 atom stereocenters. The zero-order valence-electron chi connectivity index (χ0n) is 51.4. The fraction of sp³-hybridized carbons (Fsp3) is 0. The van der Waals surface area contributed by atoms with Crippen molar-refractivity contribution in [3.63, 3.8) is 0 Å². The van der Waals surface area contributed by atoms with Crippen molar-refractivity contribution in [2.45, 2.75) is 14.7 Å². The van der Waals surface area contributed by atoms with E-state index in [-0.39, 0.29) is 284 Å². The summed E-state index contributed by atoms with van der Waals surface area (Å²) in [5.74, 6) is -2.23. The molecule has 8 aromatic carbocycles. The predicted molar refractivity (Wildman–Crippen MR) is 336 cm³/mol. The van der Waals surface area contributed by atoms with E-state index in [1.54, 1.807) is 12.1 Å². The standard InChI is InChI=1S/C54H29Cl2N18O14S5.6Na/c55-47-63-49(67-52(66-47)60-37-23-32(91(81)82)18-27-19-41(93(86,87)88)44(46(76)43(27)37)70-72-54-62-34-17-14-31(74(79)80)22-39(34)90-54)57-28-10-5-24(6-11-28)4-7-25-8-12-29(20-40(25)92(83,84)85)58-50-64-48(56)65-51(68-50)59-35-3-1-2-26-9-15-36(45(75)42(26)35)69-71-53-61-33-16-13-30(73(77)78)21-38(33)89-53;;;;;;/h2-5,7-14,16-23,75-76H,(H,81,82)(H,83,84,85)(H,86,87,88)(H2,57,60,63,66,67)(H2,58,59,64,65,68);;;;;;/q-3;6*+1/p-3. The number of phenolic OH excluding ortho intramolecular Hbond substituents is 2. The number of rotatable bonds is 19. The number of nitro groups is 2. The molecule has 0 aliphatic carbocycles. The predicted octanol–water partition coefficient (Wildman–Crippen LogP) is -5.44. The number of nitro benzene ring substituents is 2. The third-order valence-electron chi connectivity index (χ3n) is 12.8. The van der Waals surface area contributed by atoms with Crippen molar-refractivity contribution in [1.82, 2.24) is 39.9 Å². The maximum atomic E-state index is 12.7. The molecule has 4 aromatic heterocycles. The first-order valence-corrected chi connectivity index (χ1v) is 31.7. The monoisotopic (exact) mass is 1520 g/mol. The SMILES string of the molecule is O=[N+]([O-])c1ccc2nc(N=Nc3[c-]cc4c[c-]cc(Nc5nc(Cl)nc(Nc6ccc(C=Cc7[c-]cc(Nc8nc(Cl)nc(Nc9cc(S(=O)[O-])cc%10cc(S(=O)(=O)[O-])c(N=Nc%11nc%12ccc([N+](=O)[O-])cc%12s%11)c(O)c9%10)n8)cc7)c(S(=O)(=O)[O-])c6)n5)c4c3O)sc2c1.[Na+].[Na+].[Na+].[Na+].[Na+].[Na+]. The molecule has 45 heteroatoms. The number of aromatic nitrogens is 8. The molecule has 0 fully saturated rings. The van der Waals surface area contributed by atoms with E-state index < -0.39 is 72.6 Å². The molecule has 32 nitrogen and oxygen atoms in total. The van der Waals surface area contributed by atoms with E-state index in [4.69, 9.17) is 23.2 Å². The number of phenols is 2. The number of anilines is 8. The first kappa shape index (κ1) is 83.1. The van der Waals surface area contributed by atoms with E-state index in [9.17, 15) is 65.1 Å². The van der Waals surface area contributed by atoms with Crippen LogP contribution in [0, 0.1) is 38.4 Å². The Morgan fingerprint density at radius 1 is 0.545 bits per heavy atom. The summed E-state index contributed by atoms with van der Waals surface area (Å²) in [6.07, 6.45) is 2.81. The van der Waals surface area contributed by atoms with Gasteiger partial charge in [-0.1, -0.05) is 40.5 Å². The molecule has 0 spiro atoms. The number of thiazole rings is 2. The van der Waals surface area contributed by atoms with Crippen molar-refractivity contribution in [3.05, 3.63) is 169 Å². The normalized spacial score (nSPS) is 11.7. The number of halogens is 2. The van der Waals surface area contributed by atoms with Gasteiger partial charge < -0.3 is 45.1 Å². The average Bonchev–Trinajstić information content (AvgIpc) is 1.36. The van der Waals surface area contributed by atoms with Gasteiger partial charge in [-0.3, -0.25) is 24.4 Å². The second-order valence-corrected chi connectivity index (χ2v) is 25.1. The molecule has 0 bridgehead atoms. The van der Waals surface area contributed by atoms with Crippen molar-refractivity contribution in [2.24, 2.45) is 20.5 Å². The van der Waals surface area contributed by atoms with Gasteiger partial charge in [-0.15, -0.1) is 56.5 Å². The minimum absolute atomic E-state index is 0. The van der Waals surface area contributed by atoms with Crippen molar-refractivity contribution in [2.75, 3.05) is 21.3 Å². The van der Waals surface area contributed by atoms with E-state index in [0.29, 0.717) is 31.6 Å². The van der Waals surface area contributed by atoms with Gasteiger partial charge in [-0.05, 0) is 93.4 Å². The summed E-state index contributed by atoms with van der Waals surface area (Å²) < 4.78 is 101. The van der Waals surface area contributed by atoms with Gasteiger partial charge in [-0.25, -0.2) is 26.8 Å². The van der Waals surface area contributed by atoms with Crippen molar-refractivity contribution in [1.29, 1.82) is 0 Å².